The minimum absolute atomic E-state index is 0.0672. The van der Waals surface area contributed by atoms with Crippen molar-refractivity contribution in [3.05, 3.63) is 30.3 Å². The summed E-state index contributed by atoms with van der Waals surface area (Å²) < 4.78 is 58.6. The monoisotopic (exact) mass is 396 g/mol. The van der Waals surface area contributed by atoms with Gasteiger partial charge < -0.3 is 23.9 Å². The molecule has 3 aromatic rings. The van der Waals surface area contributed by atoms with Crippen molar-refractivity contribution in [2.75, 3.05) is 26.6 Å². The number of fused-ring (bicyclic) bond motifs is 1. The Kier molecular flexibility index (Phi) is 5.04. The molecule has 0 spiro atoms. The lowest BCUT2D eigenvalue weighted by Crippen LogP contribution is -2.29. The molecular weight excluding hydrogens is 381 g/mol. The van der Waals surface area contributed by atoms with Crippen LogP contribution in [0.25, 0.3) is 22.6 Å². The number of methoxy groups -OCH3 is 3. The van der Waals surface area contributed by atoms with Crippen LogP contribution in [0.2, 0.25) is 0 Å². The molecule has 0 aliphatic heterocycles. The minimum atomic E-state index is -4.99. The Morgan fingerprint density at radius 2 is 1.68 bits per heavy atom. The Balaban J connectivity index is 2.00. The molecule has 0 radical (unpaired) electrons. The molecule has 10 heteroatoms. The normalized spacial score (nSPS) is 11.4. The molecule has 7 nitrogen and oxygen atoms in total. The first-order chi connectivity index (χ1) is 13.3. The lowest BCUT2D eigenvalue weighted by atomic mass is 10.2. The number of nitrogens with one attached hydrogen (secondary N) is 1. The first-order valence-corrected chi connectivity index (χ1v) is 7.86. The van der Waals surface area contributed by atoms with E-state index < -0.39 is 12.1 Å². The van der Waals surface area contributed by atoms with Gasteiger partial charge in [-0.2, -0.15) is 13.2 Å². The highest BCUT2D eigenvalue weighted by Crippen LogP contribution is 2.41. The summed E-state index contributed by atoms with van der Waals surface area (Å²) >= 11 is 0. The fraction of sp³-hybridized carbons (Fsp3) is 0.222. The summed E-state index contributed by atoms with van der Waals surface area (Å²) in [6, 6.07) is 7.24. The maximum absolute atomic E-state index is 12.4. The van der Waals surface area contributed by atoms with Crippen molar-refractivity contribution in [3.63, 3.8) is 0 Å². The van der Waals surface area contributed by atoms with Crippen LogP contribution in [0.1, 0.15) is 0 Å². The zero-order valence-corrected chi connectivity index (χ0v) is 15.0. The Bertz CT molecular complexity index is 1000. The van der Waals surface area contributed by atoms with E-state index in [2.05, 4.69) is 4.98 Å². The molecule has 1 heterocycles. The van der Waals surface area contributed by atoms with Crippen LogP contribution < -0.4 is 19.5 Å². The summed E-state index contributed by atoms with van der Waals surface area (Å²) in [4.78, 5) is 15.4. The van der Waals surface area contributed by atoms with Gasteiger partial charge in [0.05, 0.1) is 21.3 Å². The average molecular weight is 396 g/mol. The summed E-state index contributed by atoms with van der Waals surface area (Å²) in [5.41, 5.74) is 1.03. The summed E-state index contributed by atoms with van der Waals surface area (Å²) in [7, 11) is 4.39. The Morgan fingerprint density at radius 1 is 1.04 bits per heavy atom. The molecule has 0 saturated heterocycles. The van der Waals surface area contributed by atoms with E-state index in [1.54, 1.807) is 17.4 Å². The number of carbonyl (C=O) groups excluding carboxylic acids is 1. The third-order valence-electron chi connectivity index (χ3n) is 3.82. The predicted molar refractivity (Wildman–Crippen MR) is 93.8 cm³/mol. The van der Waals surface area contributed by atoms with E-state index in [4.69, 9.17) is 18.6 Å². The fourth-order valence-corrected chi connectivity index (χ4v) is 2.53. The smallest absolute Gasteiger partial charge is 0.471 e. The lowest BCUT2D eigenvalue weighted by molar-refractivity contribution is -0.167. The number of benzene rings is 2. The van der Waals surface area contributed by atoms with Gasteiger partial charge in [0.1, 0.15) is 5.52 Å². The van der Waals surface area contributed by atoms with Crippen LogP contribution in [0.15, 0.2) is 34.7 Å². The van der Waals surface area contributed by atoms with Crippen molar-refractivity contribution in [2.24, 2.45) is 0 Å². The summed E-state index contributed by atoms with van der Waals surface area (Å²) in [5, 5.41) is 1.77. The molecular formula is C18H15F3N2O5. The zero-order chi connectivity index (χ0) is 20.5. The van der Waals surface area contributed by atoms with Gasteiger partial charge >= 0.3 is 12.1 Å². The number of aromatic nitrogens is 1. The summed E-state index contributed by atoms with van der Waals surface area (Å²) in [5.74, 6) is -0.721. The zero-order valence-electron chi connectivity index (χ0n) is 15.0. The second-order valence-corrected chi connectivity index (χ2v) is 5.57. The summed E-state index contributed by atoms with van der Waals surface area (Å²) in [6.45, 7) is 0. The molecule has 0 unspecified atom stereocenters. The first kappa shape index (κ1) is 19.3. The maximum atomic E-state index is 12.4. The number of alkyl halides is 3. The standard InChI is InChI=1S/C18H15F3N2O5/c1-25-13-6-9(7-14(26-2)15(13)27-3)16-23-11-5-4-10(8-12(11)28-16)22-17(24)18(19,20)21/h4-8H,1-3H3,(H,22,24). The number of anilines is 1. The fourth-order valence-electron chi connectivity index (χ4n) is 2.53. The first-order valence-electron chi connectivity index (χ1n) is 7.86. The van der Waals surface area contributed by atoms with Gasteiger partial charge in [0.2, 0.25) is 11.6 Å². The number of rotatable bonds is 5. The quantitative estimate of drug-likeness (QED) is 0.701. The van der Waals surface area contributed by atoms with Crippen LogP contribution >= 0.6 is 0 Å². The molecule has 0 aliphatic carbocycles. The van der Waals surface area contributed by atoms with Crippen molar-refractivity contribution < 1.29 is 36.6 Å². The SMILES string of the molecule is COc1cc(-c2nc3ccc(NC(=O)C(F)(F)F)cc3o2)cc(OC)c1OC. The molecule has 0 fully saturated rings. The summed E-state index contributed by atoms with van der Waals surface area (Å²) in [6.07, 6.45) is -4.99. The number of ether oxygens (including phenoxy) is 3. The van der Waals surface area contributed by atoms with Crippen molar-refractivity contribution >= 4 is 22.7 Å². The topological polar surface area (TPSA) is 82.8 Å². The van der Waals surface area contributed by atoms with Gasteiger partial charge in [0, 0.05) is 17.3 Å². The minimum Gasteiger partial charge on any atom is -0.493 e. The van der Waals surface area contributed by atoms with E-state index in [1.165, 1.54) is 39.5 Å². The second-order valence-electron chi connectivity index (χ2n) is 5.57. The van der Waals surface area contributed by atoms with E-state index in [1.807, 2.05) is 0 Å². The van der Waals surface area contributed by atoms with Crippen LogP contribution in [0.3, 0.4) is 0 Å². The second kappa shape index (κ2) is 7.29. The van der Waals surface area contributed by atoms with Crippen molar-refractivity contribution in [1.82, 2.24) is 4.98 Å². The highest BCUT2D eigenvalue weighted by molar-refractivity contribution is 5.96. The molecule has 2 aromatic carbocycles. The van der Waals surface area contributed by atoms with Gasteiger partial charge in [0.25, 0.3) is 0 Å². The third-order valence-corrected chi connectivity index (χ3v) is 3.82. The van der Waals surface area contributed by atoms with E-state index in [0.717, 1.165) is 0 Å². The van der Waals surface area contributed by atoms with Gasteiger partial charge in [-0.05, 0) is 24.3 Å². The number of hydrogen-bond acceptors (Lipinski definition) is 6. The van der Waals surface area contributed by atoms with Gasteiger partial charge in [-0.3, -0.25) is 4.79 Å². The Morgan fingerprint density at radius 3 is 2.21 bits per heavy atom. The maximum Gasteiger partial charge on any atom is 0.471 e. The molecule has 0 atom stereocenters. The van der Waals surface area contributed by atoms with E-state index >= 15 is 0 Å². The predicted octanol–water partition coefficient (Wildman–Crippen LogP) is 4.02. The van der Waals surface area contributed by atoms with Crippen molar-refractivity contribution in [1.29, 1.82) is 0 Å². The Labute approximate surface area is 157 Å². The average Bonchev–Trinajstić information content (AvgIpc) is 3.09. The molecule has 0 bridgehead atoms. The third kappa shape index (κ3) is 3.66. The molecule has 148 valence electrons. The number of oxazole rings is 1. The highest BCUT2D eigenvalue weighted by atomic mass is 19.4. The van der Waals surface area contributed by atoms with E-state index in [9.17, 15) is 18.0 Å². The van der Waals surface area contributed by atoms with Gasteiger partial charge in [-0.1, -0.05) is 0 Å². The molecule has 0 saturated carbocycles. The molecule has 1 aromatic heterocycles. The van der Waals surface area contributed by atoms with Crippen molar-refractivity contribution in [3.8, 4) is 28.7 Å². The number of carbonyl (C=O) groups is 1. The van der Waals surface area contributed by atoms with Gasteiger partial charge in [-0.15, -0.1) is 0 Å². The molecule has 28 heavy (non-hydrogen) atoms. The highest BCUT2D eigenvalue weighted by Gasteiger charge is 2.38. The van der Waals surface area contributed by atoms with Crippen LogP contribution in [0, 0.1) is 0 Å². The number of hydrogen-bond donors (Lipinski definition) is 1. The van der Waals surface area contributed by atoms with Gasteiger partial charge in [0.15, 0.2) is 17.1 Å². The number of halogens is 3. The number of nitrogens with zero attached hydrogens (tertiary/aromatic N) is 1. The Hall–Kier alpha value is -3.43. The van der Waals surface area contributed by atoms with Crippen LogP contribution in [0.4, 0.5) is 18.9 Å². The molecule has 0 aliphatic rings. The van der Waals surface area contributed by atoms with Crippen LogP contribution in [-0.2, 0) is 4.79 Å². The molecule has 1 N–H and O–H groups in total. The molecule has 3 rings (SSSR count). The van der Waals surface area contributed by atoms with Crippen LogP contribution in [-0.4, -0.2) is 38.4 Å². The van der Waals surface area contributed by atoms with Crippen molar-refractivity contribution in [2.45, 2.75) is 6.18 Å². The van der Waals surface area contributed by atoms with E-state index in [0.29, 0.717) is 28.3 Å². The van der Waals surface area contributed by atoms with Crippen LogP contribution in [0.5, 0.6) is 17.2 Å². The largest absolute Gasteiger partial charge is 0.493 e. The van der Waals surface area contributed by atoms with E-state index in [-0.39, 0.29) is 17.2 Å². The number of amides is 1. The lowest BCUT2D eigenvalue weighted by Gasteiger charge is -2.12. The molecule has 1 amide bonds. The van der Waals surface area contributed by atoms with Gasteiger partial charge in [-0.25, -0.2) is 4.98 Å².